The average Bonchev–Trinajstić information content (AvgIpc) is 2.89. The molecule has 0 bridgehead atoms. The largest absolute Gasteiger partial charge is 0.473 e. The fraction of sp³-hybridized carbons (Fsp3) is 0.571. The molecule has 184 valence electrons. The summed E-state index contributed by atoms with van der Waals surface area (Å²) in [7, 11) is 0. The van der Waals surface area contributed by atoms with Crippen molar-refractivity contribution in [2.45, 2.75) is 46.5 Å². The molecule has 3 N–H and O–H groups in total. The van der Waals surface area contributed by atoms with Crippen LogP contribution in [0.3, 0.4) is 0 Å². The summed E-state index contributed by atoms with van der Waals surface area (Å²) in [5.41, 5.74) is 0.705. The molecule has 1 aromatic rings. The summed E-state index contributed by atoms with van der Waals surface area (Å²) in [6.45, 7) is 7.62. The number of carbonyl (C=O) groups excluding carboxylic acids is 3. The van der Waals surface area contributed by atoms with Gasteiger partial charge in [-0.25, -0.2) is 19.2 Å². The first-order valence-electron chi connectivity index (χ1n) is 10.6. The topological polar surface area (TPSA) is 160 Å². The molecule has 0 saturated carbocycles. The number of nitrogens with zero attached hydrogens (tertiary/aromatic N) is 1. The smallest absolute Gasteiger partial charge is 0.414 e. The fourth-order valence-electron chi connectivity index (χ4n) is 3.11. The predicted molar refractivity (Wildman–Crippen MR) is 120 cm³/mol. The Hall–Kier alpha value is -2.99. The Bertz CT molecular complexity index is 846. The molecular formula is C21H30N2O9S. The van der Waals surface area contributed by atoms with Crippen LogP contribution in [0.4, 0.5) is 5.00 Å². The molecule has 0 spiro atoms. The molecule has 1 fully saturated rings. The first-order valence-corrected chi connectivity index (χ1v) is 11.4. The van der Waals surface area contributed by atoms with E-state index in [1.54, 1.807) is 20.8 Å². The van der Waals surface area contributed by atoms with E-state index in [1.165, 1.54) is 12.8 Å². The van der Waals surface area contributed by atoms with E-state index in [0.29, 0.717) is 15.4 Å². The van der Waals surface area contributed by atoms with Gasteiger partial charge in [0.25, 0.3) is 0 Å². The van der Waals surface area contributed by atoms with Crippen LogP contribution in [0.5, 0.6) is 0 Å². The van der Waals surface area contributed by atoms with E-state index in [2.05, 4.69) is 10.2 Å². The molecule has 1 aromatic heterocycles. The number of carboxylic acid groups (broad SMARTS) is 2. The first kappa shape index (κ1) is 28.0. The molecular weight excluding hydrogens is 456 g/mol. The van der Waals surface area contributed by atoms with Crippen molar-refractivity contribution in [3.05, 3.63) is 16.0 Å². The van der Waals surface area contributed by atoms with Gasteiger partial charge in [0.2, 0.25) is 5.91 Å². The molecule has 1 aliphatic heterocycles. The van der Waals surface area contributed by atoms with Crippen LogP contribution in [0.1, 0.15) is 65.1 Å². The van der Waals surface area contributed by atoms with Crippen LogP contribution < -0.4 is 5.32 Å². The number of hydrogen-bond acceptors (Lipinski definition) is 9. The maximum atomic E-state index is 12.5. The summed E-state index contributed by atoms with van der Waals surface area (Å²) in [5, 5.41) is 17.9. The summed E-state index contributed by atoms with van der Waals surface area (Å²) < 4.78 is 10.2. The zero-order valence-corrected chi connectivity index (χ0v) is 19.8. The Morgan fingerprint density at radius 2 is 1.42 bits per heavy atom. The van der Waals surface area contributed by atoms with E-state index in [4.69, 9.17) is 29.3 Å². The highest BCUT2D eigenvalue weighted by Crippen LogP contribution is 2.34. The number of likely N-dealkylation sites (tertiary alicyclic amines) is 1. The zero-order valence-electron chi connectivity index (χ0n) is 19.0. The minimum absolute atomic E-state index is 0.195. The van der Waals surface area contributed by atoms with Crippen molar-refractivity contribution in [3.63, 3.8) is 0 Å². The Kier molecular flexibility index (Phi) is 12.1. The highest BCUT2D eigenvalue weighted by atomic mass is 32.1. The number of aliphatic carboxylic acids is 2. The molecule has 1 saturated heterocycles. The van der Waals surface area contributed by atoms with Crippen LogP contribution in [-0.2, 0) is 23.9 Å². The van der Waals surface area contributed by atoms with Crippen LogP contribution in [0.25, 0.3) is 0 Å². The number of amides is 1. The molecule has 0 aromatic carbocycles. The van der Waals surface area contributed by atoms with Crippen molar-refractivity contribution < 1.29 is 43.7 Å². The molecule has 1 amide bonds. The minimum Gasteiger partial charge on any atom is -0.473 e. The summed E-state index contributed by atoms with van der Waals surface area (Å²) in [4.78, 5) is 57.7. The van der Waals surface area contributed by atoms with Crippen LogP contribution in [0.2, 0.25) is 0 Å². The number of nitrogens with one attached hydrogen (secondary N) is 1. The third-order valence-electron chi connectivity index (χ3n) is 4.59. The van der Waals surface area contributed by atoms with Gasteiger partial charge in [-0.1, -0.05) is 12.8 Å². The maximum Gasteiger partial charge on any atom is 0.414 e. The molecule has 2 rings (SSSR count). The molecule has 0 aliphatic carbocycles. The number of esters is 2. The summed E-state index contributed by atoms with van der Waals surface area (Å²) >= 11 is 1.06. The number of hydrogen-bond donors (Lipinski definition) is 3. The van der Waals surface area contributed by atoms with E-state index < -0.39 is 23.9 Å². The number of thiophene rings is 1. The van der Waals surface area contributed by atoms with Crippen LogP contribution in [0.15, 0.2) is 0 Å². The van der Waals surface area contributed by atoms with Crippen molar-refractivity contribution in [2.24, 2.45) is 0 Å². The summed E-state index contributed by atoms with van der Waals surface area (Å²) in [5.74, 6) is -4.89. The van der Waals surface area contributed by atoms with Gasteiger partial charge >= 0.3 is 23.9 Å². The average molecular weight is 487 g/mol. The van der Waals surface area contributed by atoms with Crippen LogP contribution in [0, 0.1) is 6.92 Å². The predicted octanol–water partition coefficient (Wildman–Crippen LogP) is 2.38. The van der Waals surface area contributed by atoms with E-state index in [9.17, 15) is 14.4 Å². The Morgan fingerprint density at radius 1 is 0.909 bits per heavy atom. The second-order valence-electron chi connectivity index (χ2n) is 7.05. The lowest BCUT2D eigenvalue weighted by Crippen LogP contribution is -2.34. The second-order valence-corrected chi connectivity index (χ2v) is 8.07. The Balaban J connectivity index is 0.000000801. The van der Waals surface area contributed by atoms with Gasteiger partial charge in [-0.3, -0.25) is 9.69 Å². The molecule has 2 heterocycles. The van der Waals surface area contributed by atoms with E-state index in [-0.39, 0.29) is 31.2 Å². The quantitative estimate of drug-likeness (QED) is 0.386. The number of carbonyl (C=O) groups is 5. The monoisotopic (exact) mass is 486 g/mol. The van der Waals surface area contributed by atoms with Gasteiger partial charge in [-0.15, -0.1) is 11.3 Å². The lowest BCUT2D eigenvalue weighted by molar-refractivity contribution is -0.159. The van der Waals surface area contributed by atoms with Crippen molar-refractivity contribution in [3.8, 4) is 0 Å². The number of anilines is 1. The number of rotatable bonds is 7. The minimum atomic E-state index is -1.82. The molecule has 0 atom stereocenters. The first-order chi connectivity index (χ1) is 15.6. The maximum absolute atomic E-state index is 12.5. The van der Waals surface area contributed by atoms with Crippen molar-refractivity contribution in [2.75, 3.05) is 38.2 Å². The standard InChI is InChI=1S/C19H28N2O5S.C2H2O4/c1-4-25-18(23)15-13(3)16(19(24)26-5-2)27-17(15)20-14(22)12-21-10-8-6-7-9-11-21;3-1(4)2(5)6/h4-12H2,1-3H3,(H,20,22);(H,3,4)(H,5,6). The highest BCUT2D eigenvalue weighted by Gasteiger charge is 2.27. The van der Waals surface area contributed by atoms with Crippen molar-refractivity contribution in [1.29, 1.82) is 0 Å². The molecule has 11 nitrogen and oxygen atoms in total. The molecule has 12 heteroatoms. The third-order valence-corrected chi connectivity index (χ3v) is 5.78. The Morgan fingerprint density at radius 3 is 1.91 bits per heavy atom. The fourth-order valence-corrected chi connectivity index (χ4v) is 4.21. The van der Waals surface area contributed by atoms with E-state index in [1.807, 2.05) is 0 Å². The van der Waals surface area contributed by atoms with E-state index >= 15 is 0 Å². The molecule has 33 heavy (non-hydrogen) atoms. The number of ether oxygens (including phenoxy) is 2. The molecule has 0 unspecified atom stereocenters. The van der Waals surface area contributed by atoms with Gasteiger partial charge < -0.3 is 25.0 Å². The van der Waals surface area contributed by atoms with E-state index in [0.717, 1.165) is 37.3 Å². The zero-order chi connectivity index (χ0) is 25.0. The van der Waals surface area contributed by atoms with Crippen LogP contribution in [-0.4, -0.2) is 77.7 Å². The lowest BCUT2D eigenvalue weighted by atomic mass is 10.1. The van der Waals surface area contributed by atoms with Gasteiger partial charge in [-0.05, 0) is 52.3 Å². The third kappa shape index (κ3) is 9.18. The molecule has 1 aliphatic rings. The highest BCUT2D eigenvalue weighted by molar-refractivity contribution is 7.18. The van der Waals surface area contributed by atoms with Gasteiger partial charge in [-0.2, -0.15) is 0 Å². The van der Waals surface area contributed by atoms with Gasteiger partial charge in [0.05, 0.1) is 25.3 Å². The van der Waals surface area contributed by atoms with Crippen molar-refractivity contribution >= 4 is 46.1 Å². The number of carboxylic acids is 2. The summed E-state index contributed by atoms with van der Waals surface area (Å²) in [6, 6.07) is 0. The lowest BCUT2D eigenvalue weighted by Gasteiger charge is -2.18. The SMILES string of the molecule is CCOC(=O)c1sc(NC(=O)CN2CCCCCC2)c(C(=O)OCC)c1C.O=C(O)C(=O)O. The van der Waals surface area contributed by atoms with Crippen LogP contribution >= 0.6 is 11.3 Å². The summed E-state index contributed by atoms with van der Waals surface area (Å²) in [6.07, 6.45) is 4.56. The van der Waals surface area contributed by atoms with Crippen molar-refractivity contribution in [1.82, 2.24) is 4.90 Å². The second kappa shape index (κ2) is 14.2. The normalized spacial score (nSPS) is 13.7. The van der Waals surface area contributed by atoms with Gasteiger partial charge in [0.1, 0.15) is 9.88 Å². The van der Waals surface area contributed by atoms with Gasteiger partial charge in [0.15, 0.2) is 0 Å². The van der Waals surface area contributed by atoms with Gasteiger partial charge in [0, 0.05) is 0 Å². The Labute approximate surface area is 195 Å². The molecule has 0 radical (unpaired) electrons.